The Labute approximate surface area is 114 Å². The highest BCUT2D eigenvalue weighted by Gasteiger charge is 2.28. The number of rotatable bonds is 1. The molecule has 1 aliphatic heterocycles. The smallest absolute Gasteiger partial charge is 0.161 e. The molecule has 0 unspecified atom stereocenters. The Morgan fingerprint density at radius 1 is 1.37 bits per heavy atom. The molecule has 4 nitrogen and oxygen atoms in total. The lowest BCUT2D eigenvalue weighted by Gasteiger charge is -2.01. The minimum absolute atomic E-state index is 0.344. The summed E-state index contributed by atoms with van der Waals surface area (Å²) in [5.41, 5.74) is 1.98. The van der Waals surface area contributed by atoms with Crippen LogP contribution in [-0.4, -0.2) is 10.9 Å². The number of hydrogen-bond donors (Lipinski definition) is 1. The predicted octanol–water partition coefficient (Wildman–Crippen LogP) is 3.85. The SMILES string of the molecule is Cc1cc(Cl)c2c(c1)C(=N\O)/C(=C\c1ccco1)O2. The summed E-state index contributed by atoms with van der Waals surface area (Å²) in [7, 11) is 0. The Bertz CT molecular complexity index is 687. The van der Waals surface area contributed by atoms with Crippen molar-refractivity contribution in [2.75, 3.05) is 0 Å². The van der Waals surface area contributed by atoms with Crippen molar-refractivity contribution in [2.24, 2.45) is 5.16 Å². The third-order valence-corrected chi connectivity index (χ3v) is 3.09. The van der Waals surface area contributed by atoms with Gasteiger partial charge in [-0.15, -0.1) is 0 Å². The molecule has 0 spiro atoms. The maximum atomic E-state index is 9.19. The fourth-order valence-electron chi connectivity index (χ4n) is 2.00. The normalized spacial score (nSPS) is 17.8. The van der Waals surface area contributed by atoms with Crippen molar-refractivity contribution in [2.45, 2.75) is 6.92 Å². The van der Waals surface area contributed by atoms with Gasteiger partial charge in [-0.05, 0) is 36.8 Å². The zero-order valence-corrected chi connectivity index (χ0v) is 10.8. The van der Waals surface area contributed by atoms with Gasteiger partial charge in [-0.2, -0.15) is 0 Å². The summed E-state index contributed by atoms with van der Waals surface area (Å²) in [6.45, 7) is 1.91. The molecule has 1 aromatic carbocycles. The van der Waals surface area contributed by atoms with Crippen molar-refractivity contribution in [3.05, 3.63) is 58.2 Å². The van der Waals surface area contributed by atoms with Crippen LogP contribution in [0, 0.1) is 6.92 Å². The molecule has 0 saturated heterocycles. The first kappa shape index (κ1) is 11.9. The molecular weight excluding hydrogens is 266 g/mol. The molecule has 1 aromatic heterocycles. The van der Waals surface area contributed by atoms with Gasteiger partial charge in [-0.1, -0.05) is 16.8 Å². The Morgan fingerprint density at radius 2 is 2.21 bits per heavy atom. The molecule has 0 amide bonds. The zero-order valence-electron chi connectivity index (χ0n) is 10.1. The van der Waals surface area contributed by atoms with Gasteiger partial charge in [0.05, 0.1) is 16.8 Å². The summed E-state index contributed by atoms with van der Waals surface area (Å²) in [5.74, 6) is 1.51. The number of nitrogens with zero attached hydrogens (tertiary/aromatic N) is 1. The van der Waals surface area contributed by atoms with Crippen molar-refractivity contribution in [3.8, 4) is 5.75 Å². The van der Waals surface area contributed by atoms with Gasteiger partial charge in [0.25, 0.3) is 0 Å². The minimum atomic E-state index is 0.344. The summed E-state index contributed by atoms with van der Waals surface area (Å²) in [4.78, 5) is 0. The Hall–Kier alpha value is -2.20. The van der Waals surface area contributed by atoms with E-state index in [1.807, 2.05) is 13.0 Å². The fraction of sp³-hybridized carbons (Fsp3) is 0.0714. The summed E-state index contributed by atoms with van der Waals surface area (Å²) in [6, 6.07) is 7.20. The number of hydrogen-bond acceptors (Lipinski definition) is 4. The van der Waals surface area contributed by atoms with E-state index in [4.69, 9.17) is 20.8 Å². The second kappa shape index (κ2) is 4.48. The van der Waals surface area contributed by atoms with Crippen LogP contribution in [0.1, 0.15) is 16.9 Å². The van der Waals surface area contributed by atoms with Gasteiger partial charge in [-0.25, -0.2) is 0 Å². The molecule has 0 bridgehead atoms. The van der Waals surface area contributed by atoms with Crippen LogP contribution in [0.3, 0.4) is 0 Å². The highest BCUT2D eigenvalue weighted by molar-refractivity contribution is 6.34. The Kier molecular flexibility index (Phi) is 2.80. The number of fused-ring (bicyclic) bond motifs is 1. The molecule has 96 valence electrons. The summed E-state index contributed by atoms with van der Waals surface area (Å²) < 4.78 is 10.9. The molecule has 19 heavy (non-hydrogen) atoms. The second-order valence-electron chi connectivity index (χ2n) is 4.20. The van der Waals surface area contributed by atoms with Crippen LogP contribution in [0.15, 0.2) is 45.9 Å². The van der Waals surface area contributed by atoms with Crippen LogP contribution in [-0.2, 0) is 0 Å². The molecular formula is C14H10ClNO3. The summed E-state index contributed by atoms with van der Waals surface area (Å²) >= 11 is 6.13. The Morgan fingerprint density at radius 3 is 2.89 bits per heavy atom. The van der Waals surface area contributed by atoms with E-state index in [-0.39, 0.29) is 0 Å². The van der Waals surface area contributed by atoms with E-state index in [1.54, 1.807) is 30.5 Å². The lowest BCUT2D eigenvalue weighted by atomic mass is 10.1. The number of benzene rings is 1. The third kappa shape index (κ3) is 2.00. The maximum Gasteiger partial charge on any atom is 0.161 e. The van der Waals surface area contributed by atoms with Crippen LogP contribution >= 0.6 is 11.6 Å². The van der Waals surface area contributed by atoms with Gasteiger partial charge >= 0.3 is 0 Å². The predicted molar refractivity (Wildman–Crippen MR) is 71.8 cm³/mol. The largest absolute Gasteiger partial charge is 0.465 e. The number of furan rings is 1. The van der Waals surface area contributed by atoms with E-state index in [9.17, 15) is 5.21 Å². The van der Waals surface area contributed by atoms with Crippen molar-refractivity contribution < 1.29 is 14.4 Å². The molecule has 0 radical (unpaired) electrons. The minimum Gasteiger partial charge on any atom is -0.465 e. The van der Waals surface area contributed by atoms with Gasteiger partial charge in [0, 0.05) is 6.08 Å². The maximum absolute atomic E-state index is 9.19. The van der Waals surface area contributed by atoms with E-state index >= 15 is 0 Å². The van der Waals surface area contributed by atoms with Crippen LogP contribution < -0.4 is 4.74 Å². The lowest BCUT2D eigenvalue weighted by Crippen LogP contribution is -2.00. The molecule has 2 heterocycles. The third-order valence-electron chi connectivity index (χ3n) is 2.81. The van der Waals surface area contributed by atoms with Crippen LogP contribution in [0.25, 0.3) is 6.08 Å². The molecule has 1 aliphatic rings. The second-order valence-corrected chi connectivity index (χ2v) is 4.61. The zero-order chi connectivity index (χ0) is 13.4. The number of halogens is 1. The summed E-state index contributed by atoms with van der Waals surface area (Å²) in [6.07, 6.45) is 3.21. The van der Waals surface area contributed by atoms with Gasteiger partial charge in [0.15, 0.2) is 17.2 Å². The summed E-state index contributed by atoms with van der Waals surface area (Å²) in [5, 5.41) is 13.0. The first-order valence-electron chi connectivity index (χ1n) is 5.65. The van der Waals surface area contributed by atoms with E-state index in [0.29, 0.717) is 33.6 Å². The monoisotopic (exact) mass is 275 g/mol. The standard InChI is InChI=1S/C14H10ClNO3/c1-8-5-10-13(16-17)12(7-9-3-2-4-18-9)19-14(10)11(15)6-8/h2-7,17H,1H3/b12-7+,16-13+. The van der Waals surface area contributed by atoms with Gasteiger partial charge in [-0.3, -0.25) is 0 Å². The topological polar surface area (TPSA) is 55.0 Å². The number of ether oxygens (including phenoxy) is 1. The molecule has 5 heteroatoms. The van der Waals surface area contributed by atoms with Crippen LogP contribution in [0.2, 0.25) is 5.02 Å². The average Bonchev–Trinajstić information content (AvgIpc) is 2.97. The van der Waals surface area contributed by atoms with E-state index in [0.717, 1.165) is 5.56 Å². The Balaban J connectivity index is 2.12. The van der Waals surface area contributed by atoms with Crippen LogP contribution in [0.4, 0.5) is 0 Å². The first-order valence-corrected chi connectivity index (χ1v) is 6.03. The quantitative estimate of drug-likeness (QED) is 0.635. The molecule has 0 aliphatic carbocycles. The highest BCUT2D eigenvalue weighted by atomic mass is 35.5. The van der Waals surface area contributed by atoms with Crippen molar-refractivity contribution in [1.82, 2.24) is 0 Å². The first-order chi connectivity index (χ1) is 9.19. The van der Waals surface area contributed by atoms with Gasteiger partial charge in [0.1, 0.15) is 5.76 Å². The lowest BCUT2D eigenvalue weighted by molar-refractivity contribution is 0.318. The van der Waals surface area contributed by atoms with Crippen molar-refractivity contribution >= 4 is 23.4 Å². The molecule has 1 N–H and O–H groups in total. The number of allylic oxidation sites excluding steroid dienone is 1. The fourth-order valence-corrected chi connectivity index (χ4v) is 2.32. The number of aryl methyl sites for hydroxylation is 1. The van der Waals surface area contributed by atoms with E-state index in [2.05, 4.69) is 5.16 Å². The van der Waals surface area contributed by atoms with Gasteiger partial charge in [0.2, 0.25) is 0 Å². The van der Waals surface area contributed by atoms with Crippen LogP contribution in [0.5, 0.6) is 5.75 Å². The molecule has 0 fully saturated rings. The molecule has 0 saturated carbocycles. The molecule has 0 atom stereocenters. The average molecular weight is 276 g/mol. The van der Waals surface area contributed by atoms with E-state index < -0.39 is 0 Å². The molecule has 2 aromatic rings. The van der Waals surface area contributed by atoms with Crippen molar-refractivity contribution in [1.29, 1.82) is 0 Å². The number of oxime groups is 1. The molecule has 3 rings (SSSR count). The highest BCUT2D eigenvalue weighted by Crippen LogP contribution is 2.39. The van der Waals surface area contributed by atoms with Gasteiger partial charge < -0.3 is 14.4 Å². The van der Waals surface area contributed by atoms with Crippen molar-refractivity contribution in [3.63, 3.8) is 0 Å². The van der Waals surface area contributed by atoms with E-state index in [1.165, 1.54) is 0 Å².